The predicted molar refractivity (Wildman–Crippen MR) is 85.4 cm³/mol. The quantitative estimate of drug-likeness (QED) is 0.813. The summed E-state index contributed by atoms with van der Waals surface area (Å²) in [5, 5.41) is 8.32. The zero-order valence-corrected chi connectivity index (χ0v) is 14.0. The Labute approximate surface area is 132 Å². The second-order valence-electron chi connectivity index (χ2n) is 4.58. The lowest BCUT2D eigenvalue weighted by atomic mass is 10.3. The highest BCUT2D eigenvalue weighted by molar-refractivity contribution is 9.10. The van der Waals surface area contributed by atoms with Gasteiger partial charge in [-0.3, -0.25) is 0 Å². The molecule has 0 unspecified atom stereocenters. The summed E-state index contributed by atoms with van der Waals surface area (Å²) in [4.78, 5) is 4.38. The number of halogens is 1. The van der Waals surface area contributed by atoms with E-state index in [-0.39, 0.29) is 4.90 Å². The molecular formula is C13H17BrN4O2S. The van der Waals surface area contributed by atoms with Crippen molar-refractivity contribution >= 4 is 31.6 Å². The van der Waals surface area contributed by atoms with Gasteiger partial charge in [0.25, 0.3) is 0 Å². The highest BCUT2D eigenvalue weighted by atomic mass is 79.9. The largest absolute Gasteiger partial charge is 0.377 e. The molecule has 1 aromatic carbocycles. The zero-order valence-electron chi connectivity index (χ0n) is 11.6. The standard InChI is InChI=1S/C13H17BrN4O2S/c1-2-6-18-7-5-16-13(18)9-17-12-4-3-10(8-11(12)14)21(15,19)20/h3-5,7-8,17H,2,6,9H2,1H3,(H2,15,19,20). The number of rotatable bonds is 6. The molecule has 0 radical (unpaired) electrons. The number of nitrogens with one attached hydrogen (secondary N) is 1. The van der Waals surface area contributed by atoms with Crippen molar-refractivity contribution in [2.75, 3.05) is 5.32 Å². The zero-order chi connectivity index (χ0) is 15.5. The van der Waals surface area contributed by atoms with E-state index in [9.17, 15) is 8.42 Å². The van der Waals surface area contributed by atoms with Crippen LogP contribution in [0.5, 0.6) is 0 Å². The van der Waals surface area contributed by atoms with E-state index < -0.39 is 10.0 Å². The number of hydrogen-bond acceptors (Lipinski definition) is 4. The van der Waals surface area contributed by atoms with Crippen molar-refractivity contribution < 1.29 is 8.42 Å². The molecule has 21 heavy (non-hydrogen) atoms. The van der Waals surface area contributed by atoms with E-state index in [1.165, 1.54) is 12.1 Å². The van der Waals surface area contributed by atoms with Crippen LogP contribution in [0.25, 0.3) is 0 Å². The van der Waals surface area contributed by atoms with E-state index in [1.54, 1.807) is 12.3 Å². The van der Waals surface area contributed by atoms with Gasteiger partial charge in [-0.2, -0.15) is 0 Å². The van der Waals surface area contributed by atoms with Crippen LogP contribution in [0.3, 0.4) is 0 Å². The normalized spacial score (nSPS) is 11.6. The Morgan fingerprint density at radius 1 is 1.43 bits per heavy atom. The molecule has 0 saturated carbocycles. The minimum Gasteiger partial charge on any atom is -0.377 e. The summed E-state index contributed by atoms with van der Waals surface area (Å²) in [6.45, 7) is 3.59. The number of nitrogens with zero attached hydrogens (tertiary/aromatic N) is 2. The van der Waals surface area contributed by atoms with Crippen LogP contribution in [0.1, 0.15) is 19.2 Å². The summed E-state index contributed by atoms with van der Waals surface area (Å²) in [6, 6.07) is 4.63. The molecule has 0 amide bonds. The molecule has 114 valence electrons. The SMILES string of the molecule is CCCn1ccnc1CNc1ccc(S(N)(=O)=O)cc1Br. The Bertz CT molecular complexity index is 728. The molecule has 2 rings (SSSR count). The summed E-state index contributed by atoms with van der Waals surface area (Å²) in [5.74, 6) is 0.930. The van der Waals surface area contributed by atoms with Gasteiger partial charge >= 0.3 is 0 Å². The number of anilines is 1. The van der Waals surface area contributed by atoms with Gasteiger partial charge < -0.3 is 9.88 Å². The van der Waals surface area contributed by atoms with Gasteiger partial charge in [-0.25, -0.2) is 18.5 Å². The summed E-state index contributed by atoms with van der Waals surface area (Å²) in [6.07, 6.45) is 4.75. The summed E-state index contributed by atoms with van der Waals surface area (Å²) in [7, 11) is -3.69. The fraction of sp³-hybridized carbons (Fsp3) is 0.308. The van der Waals surface area contributed by atoms with E-state index >= 15 is 0 Å². The smallest absolute Gasteiger partial charge is 0.238 e. The third-order valence-electron chi connectivity index (χ3n) is 2.97. The van der Waals surface area contributed by atoms with Crippen LogP contribution in [-0.2, 0) is 23.1 Å². The van der Waals surface area contributed by atoms with Crippen molar-refractivity contribution in [2.24, 2.45) is 5.14 Å². The van der Waals surface area contributed by atoms with Crippen molar-refractivity contribution in [3.8, 4) is 0 Å². The monoisotopic (exact) mass is 372 g/mol. The number of aryl methyl sites for hydroxylation is 1. The molecule has 2 aromatic rings. The first-order valence-corrected chi connectivity index (χ1v) is 8.82. The first-order valence-electron chi connectivity index (χ1n) is 6.48. The maximum absolute atomic E-state index is 11.3. The molecule has 0 bridgehead atoms. The molecule has 1 heterocycles. The van der Waals surface area contributed by atoms with E-state index in [2.05, 4.69) is 37.7 Å². The maximum atomic E-state index is 11.3. The molecular weight excluding hydrogens is 356 g/mol. The number of primary sulfonamides is 1. The molecule has 3 N–H and O–H groups in total. The van der Waals surface area contributed by atoms with Gasteiger partial charge in [0, 0.05) is 29.1 Å². The minimum absolute atomic E-state index is 0.0763. The average Bonchev–Trinajstić information content (AvgIpc) is 2.84. The fourth-order valence-corrected chi connectivity index (χ4v) is 3.15. The molecule has 0 fully saturated rings. The highest BCUT2D eigenvalue weighted by Gasteiger charge is 2.10. The predicted octanol–water partition coefficient (Wildman–Crippen LogP) is 2.32. The van der Waals surface area contributed by atoms with Gasteiger partial charge in [-0.05, 0) is 40.5 Å². The Balaban J connectivity index is 2.12. The first-order chi connectivity index (χ1) is 9.91. The molecule has 0 atom stereocenters. The summed E-state index contributed by atoms with van der Waals surface area (Å²) < 4.78 is 25.3. The molecule has 0 aliphatic carbocycles. The van der Waals surface area contributed by atoms with Gasteiger partial charge in [0.1, 0.15) is 5.82 Å². The second-order valence-corrected chi connectivity index (χ2v) is 6.99. The van der Waals surface area contributed by atoms with E-state index in [0.717, 1.165) is 24.5 Å². The van der Waals surface area contributed by atoms with Crippen LogP contribution in [-0.4, -0.2) is 18.0 Å². The summed E-state index contributed by atoms with van der Waals surface area (Å²) >= 11 is 3.34. The van der Waals surface area contributed by atoms with Gasteiger partial charge in [0.2, 0.25) is 10.0 Å². The van der Waals surface area contributed by atoms with Gasteiger partial charge in [0.15, 0.2) is 0 Å². The molecule has 6 nitrogen and oxygen atoms in total. The first kappa shape index (κ1) is 16.0. The Kier molecular flexibility index (Phi) is 5.02. The number of sulfonamides is 1. The topological polar surface area (TPSA) is 90.0 Å². The molecule has 0 aliphatic rings. The Morgan fingerprint density at radius 2 is 2.19 bits per heavy atom. The highest BCUT2D eigenvalue weighted by Crippen LogP contribution is 2.25. The van der Waals surface area contributed by atoms with Crippen LogP contribution < -0.4 is 10.5 Å². The van der Waals surface area contributed by atoms with Gasteiger partial charge in [0.05, 0.1) is 11.4 Å². The van der Waals surface area contributed by atoms with Crippen molar-refractivity contribution in [3.63, 3.8) is 0 Å². The van der Waals surface area contributed by atoms with E-state index in [0.29, 0.717) is 11.0 Å². The van der Waals surface area contributed by atoms with Crippen molar-refractivity contribution in [3.05, 3.63) is 40.9 Å². The van der Waals surface area contributed by atoms with Crippen LogP contribution in [0.4, 0.5) is 5.69 Å². The van der Waals surface area contributed by atoms with Gasteiger partial charge in [-0.15, -0.1) is 0 Å². The Morgan fingerprint density at radius 3 is 2.81 bits per heavy atom. The van der Waals surface area contributed by atoms with Crippen LogP contribution >= 0.6 is 15.9 Å². The van der Waals surface area contributed by atoms with Crippen LogP contribution in [0.15, 0.2) is 40.0 Å². The second kappa shape index (κ2) is 6.59. The molecule has 0 spiro atoms. The molecule has 0 aliphatic heterocycles. The van der Waals surface area contributed by atoms with E-state index in [1.807, 2.05) is 6.20 Å². The lowest BCUT2D eigenvalue weighted by Gasteiger charge is -2.11. The maximum Gasteiger partial charge on any atom is 0.238 e. The number of imidazole rings is 1. The number of nitrogens with two attached hydrogens (primary N) is 1. The Hall–Kier alpha value is -1.38. The number of hydrogen-bond donors (Lipinski definition) is 2. The number of aromatic nitrogens is 2. The third kappa shape index (κ3) is 4.05. The van der Waals surface area contributed by atoms with Crippen LogP contribution in [0, 0.1) is 0 Å². The fourth-order valence-electron chi connectivity index (χ4n) is 1.94. The van der Waals surface area contributed by atoms with E-state index in [4.69, 9.17) is 5.14 Å². The van der Waals surface area contributed by atoms with Crippen molar-refractivity contribution in [1.29, 1.82) is 0 Å². The molecule has 8 heteroatoms. The number of benzene rings is 1. The van der Waals surface area contributed by atoms with Crippen molar-refractivity contribution in [2.45, 2.75) is 31.3 Å². The summed E-state index contributed by atoms with van der Waals surface area (Å²) in [5.41, 5.74) is 0.786. The lowest BCUT2D eigenvalue weighted by Crippen LogP contribution is -2.12. The lowest BCUT2D eigenvalue weighted by molar-refractivity contribution is 0.598. The van der Waals surface area contributed by atoms with Gasteiger partial charge in [-0.1, -0.05) is 6.92 Å². The molecule has 1 aromatic heterocycles. The molecule has 0 saturated heterocycles. The average molecular weight is 373 g/mol. The van der Waals surface area contributed by atoms with Crippen molar-refractivity contribution in [1.82, 2.24) is 9.55 Å². The minimum atomic E-state index is -3.69. The van der Waals surface area contributed by atoms with Crippen LogP contribution in [0.2, 0.25) is 0 Å². The third-order valence-corrected chi connectivity index (χ3v) is 4.54.